The van der Waals surface area contributed by atoms with E-state index < -0.39 is 5.41 Å². The Kier molecular flexibility index (Phi) is 8.11. The molecule has 0 amide bonds. The Bertz CT molecular complexity index is 3350. The minimum absolute atomic E-state index is 0.543. The second kappa shape index (κ2) is 14.1. The van der Waals surface area contributed by atoms with Crippen molar-refractivity contribution in [1.82, 2.24) is 4.57 Å². The molecule has 61 heavy (non-hydrogen) atoms. The molecule has 2 nitrogen and oxygen atoms in total. The van der Waals surface area contributed by atoms with E-state index in [2.05, 4.69) is 252 Å². The molecule has 0 saturated carbocycles. The van der Waals surface area contributed by atoms with Crippen molar-refractivity contribution < 1.29 is 0 Å². The molecule has 1 heterocycles. The third kappa shape index (κ3) is 5.50. The summed E-state index contributed by atoms with van der Waals surface area (Å²) < 4.78 is 2.42. The fraction of sp³-hybridized carbons (Fsp3) is 0.0169. The van der Waals surface area contributed by atoms with Gasteiger partial charge in [-0.05, 0) is 128 Å². The number of fused-ring (bicyclic) bond motifs is 7. The van der Waals surface area contributed by atoms with Crippen molar-refractivity contribution in [1.29, 1.82) is 0 Å². The van der Waals surface area contributed by atoms with E-state index >= 15 is 0 Å². The molecule has 0 saturated heterocycles. The summed E-state index contributed by atoms with van der Waals surface area (Å²) in [4.78, 5) is 2.43. The van der Waals surface area contributed by atoms with Gasteiger partial charge in [0.15, 0.2) is 0 Å². The van der Waals surface area contributed by atoms with Crippen molar-refractivity contribution in [2.75, 3.05) is 4.90 Å². The average Bonchev–Trinajstić information content (AvgIpc) is 3.81. The van der Waals surface area contributed by atoms with Crippen LogP contribution in [0.5, 0.6) is 0 Å². The number of rotatable bonds is 7. The summed E-state index contributed by atoms with van der Waals surface area (Å²) in [5, 5.41) is 4.92. The maximum Gasteiger partial charge on any atom is 0.0714 e. The molecular formula is C59H40N2. The van der Waals surface area contributed by atoms with Crippen LogP contribution in [0.3, 0.4) is 0 Å². The van der Waals surface area contributed by atoms with Gasteiger partial charge in [0.1, 0.15) is 0 Å². The van der Waals surface area contributed by atoms with Crippen LogP contribution in [-0.4, -0.2) is 4.57 Å². The van der Waals surface area contributed by atoms with E-state index in [1.54, 1.807) is 0 Å². The van der Waals surface area contributed by atoms with Gasteiger partial charge in [0.05, 0.1) is 16.4 Å². The SMILES string of the molecule is c1ccc(-c2ccc3c4cc(N(c5ccccc5)c5ccc6c(c5)C(c5ccccc5)(c5ccccc5)c5cc7ccccc7cc5-6)ccc4n(-c4ccccc4)c3c2)cc1. The molecule has 12 rings (SSSR count). The van der Waals surface area contributed by atoms with Crippen LogP contribution in [0.1, 0.15) is 22.3 Å². The zero-order chi connectivity index (χ0) is 40.3. The molecule has 0 spiro atoms. The lowest BCUT2D eigenvalue weighted by atomic mass is 9.67. The Morgan fingerprint density at radius 3 is 1.57 bits per heavy atom. The zero-order valence-corrected chi connectivity index (χ0v) is 33.5. The lowest BCUT2D eigenvalue weighted by Crippen LogP contribution is -2.28. The van der Waals surface area contributed by atoms with E-state index in [1.807, 2.05) is 0 Å². The molecule has 286 valence electrons. The van der Waals surface area contributed by atoms with Gasteiger partial charge in [0, 0.05) is 33.5 Å². The van der Waals surface area contributed by atoms with Crippen LogP contribution in [0.15, 0.2) is 243 Å². The molecule has 0 radical (unpaired) electrons. The molecule has 0 N–H and O–H groups in total. The standard InChI is InChI=1S/C59H40N2/c1-6-18-41(19-7-1)44-30-33-52-54-39-49(32-35-57(54)61(58(52)38-44)48-28-14-5-15-29-48)60(47-26-12-4-13-27-47)50-31-34-51-53-36-42-20-16-17-21-43(42)37-55(53)59(56(51)40-50,45-22-8-2-9-23-45)46-24-10-3-11-25-46/h1-40H. The van der Waals surface area contributed by atoms with Crippen LogP contribution in [-0.2, 0) is 5.41 Å². The predicted molar refractivity (Wildman–Crippen MR) is 256 cm³/mol. The molecule has 1 aliphatic carbocycles. The number of nitrogens with zero attached hydrogens (tertiary/aromatic N) is 2. The third-order valence-corrected chi connectivity index (χ3v) is 12.8. The first-order chi connectivity index (χ1) is 30.3. The number of benzene rings is 10. The van der Waals surface area contributed by atoms with Crippen molar-refractivity contribution in [2.24, 2.45) is 0 Å². The Morgan fingerprint density at radius 2 is 0.885 bits per heavy atom. The molecule has 0 atom stereocenters. The van der Waals surface area contributed by atoms with Crippen LogP contribution in [0, 0.1) is 0 Å². The maximum absolute atomic E-state index is 2.47. The first kappa shape index (κ1) is 35.0. The largest absolute Gasteiger partial charge is 0.310 e. The molecule has 1 aliphatic rings. The van der Waals surface area contributed by atoms with E-state index in [-0.39, 0.29) is 0 Å². The number of hydrogen-bond donors (Lipinski definition) is 0. The smallest absolute Gasteiger partial charge is 0.0714 e. The van der Waals surface area contributed by atoms with Crippen LogP contribution in [0.2, 0.25) is 0 Å². The summed E-state index contributed by atoms with van der Waals surface area (Å²) in [6.07, 6.45) is 0. The fourth-order valence-corrected chi connectivity index (χ4v) is 10.1. The second-order valence-corrected chi connectivity index (χ2v) is 16.1. The Hall–Kier alpha value is -7.94. The van der Waals surface area contributed by atoms with E-state index in [1.165, 1.54) is 77.1 Å². The quantitative estimate of drug-likeness (QED) is 0.156. The summed E-state index contributed by atoms with van der Waals surface area (Å²) in [7, 11) is 0. The molecule has 0 unspecified atom stereocenters. The highest BCUT2D eigenvalue weighted by Crippen LogP contribution is 2.58. The predicted octanol–water partition coefficient (Wildman–Crippen LogP) is 15.4. The summed E-state index contributed by atoms with van der Waals surface area (Å²) in [5.41, 5.74) is 16.3. The molecule has 2 heteroatoms. The molecule has 11 aromatic rings. The number of para-hydroxylation sites is 2. The lowest BCUT2D eigenvalue weighted by Gasteiger charge is -2.35. The van der Waals surface area contributed by atoms with Crippen molar-refractivity contribution in [2.45, 2.75) is 5.41 Å². The average molecular weight is 777 g/mol. The van der Waals surface area contributed by atoms with Crippen molar-refractivity contribution in [3.63, 3.8) is 0 Å². The van der Waals surface area contributed by atoms with E-state index in [0.29, 0.717) is 0 Å². The highest BCUT2D eigenvalue weighted by atomic mass is 15.1. The lowest BCUT2D eigenvalue weighted by molar-refractivity contribution is 0.769. The fourth-order valence-electron chi connectivity index (χ4n) is 10.1. The van der Waals surface area contributed by atoms with Crippen LogP contribution in [0.4, 0.5) is 17.1 Å². The van der Waals surface area contributed by atoms with Gasteiger partial charge in [-0.1, -0.05) is 170 Å². The monoisotopic (exact) mass is 776 g/mol. The number of anilines is 3. The minimum Gasteiger partial charge on any atom is -0.310 e. The van der Waals surface area contributed by atoms with Gasteiger partial charge in [0.2, 0.25) is 0 Å². The number of aromatic nitrogens is 1. The van der Waals surface area contributed by atoms with Gasteiger partial charge in [-0.3, -0.25) is 0 Å². The van der Waals surface area contributed by atoms with Gasteiger partial charge in [-0.25, -0.2) is 0 Å². The van der Waals surface area contributed by atoms with Crippen LogP contribution >= 0.6 is 0 Å². The van der Waals surface area contributed by atoms with Crippen molar-refractivity contribution >= 4 is 49.6 Å². The first-order valence-electron chi connectivity index (χ1n) is 21.1. The second-order valence-electron chi connectivity index (χ2n) is 16.1. The minimum atomic E-state index is -0.543. The maximum atomic E-state index is 2.47. The highest BCUT2D eigenvalue weighted by molar-refractivity contribution is 6.11. The molecular weight excluding hydrogens is 737 g/mol. The summed E-state index contributed by atoms with van der Waals surface area (Å²) >= 11 is 0. The Labute approximate surface area is 355 Å². The molecule has 1 aromatic heterocycles. The summed E-state index contributed by atoms with van der Waals surface area (Å²) in [6, 6.07) is 89.2. The van der Waals surface area contributed by atoms with Gasteiger partial charge in [0.25, 0.3) is 0 Å². The highest BCUT2D eigenvalue weighted by Gasteiger charge is 2.46. The van der Waals surface area contributed by atoms with Gasteiger partial charge < -0.3 is 9.47 Å². The molecule has 10 aromatic carbocycles. The number of hydrogen-bond acceptors (Lipinski definition) is 1. The van der Waals surface area contributed by atoms with Gasteiger partial charge >= 0.3 is 0 Å². The van der Waals surface area contributed by atoms with Crippen molar-refractivity contribution in [3.8, 4) is 27.9 Å². The molecule has 0 bridgehead atoms. The Morgan fingerprint density at radius 1 is 0.328 bits per heavy atom. The van der Waals surface area contributed by atoms with Crippen LogP contribution in [0.25, 0.3) is 60.5 Å². The zero-order valence-electron chi connectivity index (χ0n) is 33.5. The van der Waals surface area contributed by atoms with Gasteiger partial charge in [-0.2, -0.15) is 0 Å². The van der Waals surface area contributed by atoms with Crippen LogP contribution < -0.4 is 4.90 Å². The first-order valence-corrected chi connectivity index (χ1v) is 21.1. The normalized spacial score (nSPS) is 12.7. The summed E-state index contributed by atoms with van der Waals surface area (Å²) in [5.74, 6) is 0. The molecule has 0 fully saturated rings. The van der Waals surface area contributed by atoms with E-state index in [0.717, 1.165) is 22.7 Å². The van der Waals surface area contributed by atoms with E-state index in [4.69, 9.17) is 0 Å². The van der Waals surface area contributed by atoms with E-state index in [9.17, 15) is 0 Å². The van der Waals surface area contributed by atoms with Crippen molar-refractivity contribution in [3.05, 3.63) is 265 Å². The third-order valence-electron chi connectivity index (χ3n) is 12.8. The Balaban J connectivity index is 1.11. The molecule has 0 aliphatic heterocycles. The topological polar surface area (TPSA) is 8.17 Å². The van der Waals surface area contributed by atoms with Gasteiger partial charge in [-0.15, -0.1) is 0 Å². The summed E-state index contributed by atoms with van der Waals surface area (Å²) in [6.45, 7) is 0.